The van der Waals surface area contributed by atoms with Gasteiger partial charge in [-0.25, -0.2) is 0 Å². The molecule has 12 heavy (non-hydrogen) atoms. The van der Waals surface area contributed by atoms with Crippen molar-refractivity contribution in [3.05, 3.63) is 0 Å². The quantitative estimate of drug-likeness (QED) is 0.607. The molecule has 7 heteroatoms. The zero-order valence-corrected chi connectivity index (χ0v) is 7.29. The van der Waals surface area contributed by atoms with Gasteiger partial charge in [0.05, 0.1) is 6.04 Å². The van der Waals surface area contributed by atoms with Crippen LogP contribution in [0.25, 0.3) is 0 Å². The van der Waals surface area contributed by atoms with E-state index in [-0.39, 0.29) is 18.4 Å². The first-order valence-corrected chi connectivity index (χ1v) is 3.62. The summed E-state index contributed by atoms with van der Waals surface area (Å²) >= 11 is 0. The van der Waals surface area contributed by atoms with Crippen LogP contribution in [0.5, 0.6) is 0 Å². The molecule has 2 rings (SSSR count). The standard InChI is InChI=1S/C5H10N6.ClH/c6-5-8-10-11(9-5)4-1-2-7-3-4;/h4,7H,1-3H2,(H2,6,9);1H. The third kappa shape index (κ3) is 1.64. The maximum absolute atomic E-state index is 5.32. The summed E-state index contributed by atoms with van der Waals surface area (Å²) in [5, 5.41) is 14.5. The van der Waals surface area contributed by atoms with E-state index in [4.69, 9.17) is 5.73 Å². The van der Waals surface area contributed by atoms with Crippen LogP contribution in [0.4, 0.5) is 5.95 Å². The number of hydrogen-bond donors (Lipinski definition) is 2. The van der Waals surface area contributed by atoms with E-state index in [9.17, 15) is 0 Å². The van der Waals surface area contributed by atoms with Crippen molar-refractivity contribution < 1.29 is 0 Å². The number of rotatable bonds is 1. The summed E-state index contributed by atoms with van der Waals surface area (Å²) in [5.41, 5.74) is 5.32. The average Bonchev–Trinajstić information content (AvgIpc) is 2.55. The number of hydrogen-bond acceptors (Lipinski definition) is 5. The van der Waals surface area contributed by atoms with E-state index in [1.807, 2.05) is 0 Å². The molecule has 1 saturated heterocycles. The van der Waals surface area contributed by atoms with Gasteiger partial charge in [-0.2, -0.15) is 4.80 Å². The second-order valence-corrected chi connectivity index (χ2v) is 2.61. The molecule has 0 aliphatic carbocycles. The topological polar surface area (TPSA) is 81.6 Å². The molecule has 1 aromatic rings. The molecule has 0 spiro atoms. The minimum absolute atomic E-state index is 0. The van der Waals surface area contributed by atoms with Gasteiger partial charge in [0.15, 0.2) is 0 Å². The summed E-state index contributed by atoms with van der Waals surface area (Å²) in [4.78, 5) is 1.58. The van der Waals surface area contributed by atoms with E-state index < -0.39 is 0 Å². The molecule has 6 nitrogen and oxygen atoms in total. The number of nitrogens with zero attached hydrogens (tertiary/aromatic N) is 4. The number of nitrogens with one attached hydrogen (secondary N) is 1. The first kappa shape index (κ1) is 9.21. The SMILES string of the molecule is Cl.Nc1nnn(C2CCNC2)n1. The Balaban J connectivity index is 0.000000720. The van der Waals surface area contributed by atoms with Crippen LogP contribution >= 0.6 is 12.4 Å². The van der Waals surface area contributed by atoms with Crippen LogP contribution in [0.3, 0.4) is 0 Å². The van der Waals surface area contributed by atoms with Gasteiger partial charge in [0, 0.05) is 6.54 Å². The highest BCUT2D eigenvalue weighted by atomic mass is 35.5. The van der Waals surface area contributed by atoms with Crippen molar-refractivity contribution in [2.45, 2.75) is 12.5 Å². The van der Waals surface area contributed by atoms with Gasteiger partial charge in [-0.15, -0.1) is 17.5 Å². The Morgan fingerprint density at radius 1 is 1.58 bits per heavy atom. The summed E-state index contributed by atoms with van der Waals surface area (Å²) < 4.78 is 0. The van der Waals surface area contributed by atoms with Gasteiger partial charge in [-0.05, 0) is 18.2 Å². The van der Waals surface area contributed by atoms with Crippen LogP contribution in [-0.4, -0.2) is 33.3 Å². The molecule has 1 fully saturated rings. The van der Waals surface area contributed by atoms with Gasteiger partial charge in [0.1, 0.15) is 0 Å². The fourth-order valence-electron chi connectivity index (χ4n) is 1.23. The summed E-state index contributed by atoms with van der Waals surface area (Å²) in [6.07, 6.45) is 1.05. The number of nitrogen functional groups attached to an aromatic ring is 1. The summed E-state index contributed by atoms with van der Waals surface area (Å²) in [5.74, 6) is 0.247. The molecule has 0 amide bonds. The molecule has 1 aliphatic rings. The van der Waals surface area contributed by atoms with E-state index in [1.165, 1.54) is 0 Å². The van der Waals surface area contributed by atoms with E-state index in [0.29, 0.717) is 6.04 Å². The third-order valence-corrected chi connectivity index (χ3v) is 1.80. The van der Waals surface area contributed by atoms with E-state index >= 15 is 0 Å². The number of aromatic nitrogens is 4. The second kappa shape index (κ2) is 3.68. The molecule has 1 atom stereocenters. The molecule has 0 saturated carbocycles. The number of tetrazole rings is 1. The van der Waals surface area contributed by atoms with Crippen LogP contribution in [0.2, 0.25) is 0 Å². The largest absolute Gasteiger partial charge is 0.365 e. The molecule has 2 heterocycles. The van der Waals surface area contributed by atoms with Crippen LogP contribution in [0, 0.1) is 0 Å². The van der Waals surface area contributed by atoms with Crippen molar-refractivity contribution in [2.75, 3.05) is 18.8 Å². The Bertz CT molecular complexity index is 242. The smallest absolute Gasteiger partial charge is 0.260 e. The number of halogens is 1. The highest BCUT2D eigenvalue weighted by Gasteiger charge is 2.18. The lowest BCUT2D eigenvalue weighted by Gasteiger charge is -2.03. The van der Waals surface area contributed by atoms with E-state index in [2.05, 4.69) is 20.7 Å². The summed E-state index contributed by atoms with van der Waals surface area (Å²) in [6.45, 7) is 1.93. The van der Waals surface area contributed by atoms with Gasteiger partial charge < -0.3 is 11.1 Å². The molecule has 3 N–H and O–H groups in total. The molecule has 0 radical (unpaired) electrons. The maximum Gasteiger partial charge on any atom is 0.260 e. The molecule has 1 aliphatic heterocycles. The van der Waals surface area contributed by atoms with Crippen LogP contribution in [-0.2, 0) is 0 Å². The molecular weight excluding hydrogens is 180 g/mol. The zero-order chi connectivity index (χ0) is 7.68. The van der Waals surface area contributed by atoms with Gasteiger partial charge in [-0.1, -0.05) is 5.10 Å². The first-order chi connectivity index (χ1) is 5.36. The van der Waals surface area contributed by atoms with E-state index in [0.717, 1.165) is 19.5 Å². The first-order valence-electron chi connectivity index (χ1n) is 3.62. The Labute approximate surface area is 75.9 Å². The number of nitrogens with two attached hydrogens (primary N) is 1. The van der Waals surface area contributed by atoms with E-state index in [1.54, 1.807) is 4.80 Å². The normalized spacial score (nSPS) is 22.2. The van der Waals surface area contributed by atoms with Gasteiger partial charge >= 0.3 is 0 Å². The zero-order valence-electron chi connectivity index (χ0n) is 6.47. The van der Waals surface area contributed by atoms with Gasteiger partial charge in [0.25, 0.3) is 5.95 Å². The average molecular weight is 191 g/mol. The van der Waals surface area contributed by atoms with Crippen LogP contribution in [0.15, 0.2) is 0 Å². The van der Waals surface area contributed by atoms with Crippen molar-refractivity contribution in [3.63, 3.8) is 0 Å². The lowest BCUT2D eigenvalue weighted by molar-refractivity contribution is 0.424. The Morgan fingerprint density at radius 2 is 2.42 bits per heavy atom. The third-order valence-electron chi connectivity index (χ3n) is 1.80. The van der Waals surface area contributed by atoms with Crippen molar-refractivity contribution in [2.24, 2.45) is 0 Å². The lowest BCUT2D eigenvalue weighted by Crippen LogP contribution is -2.15. The Kier molecular flexibility index (Phi) is 2.83. The minimum atomic E-state index is 0. The summed E-state index contributed by atoms with van der Waals surface area (Å²) in [7, 11) is 0. The molecule has 0 bridgehead atoms. The predicted molar refractivity (Wildman–Crippen MR) is 46.0 cm³/mol. The van der Waals surface area contributed by atoms with Crippen LogP contribution < -0.4 is 11.1 Å². The Morgan fingerprint density at radius 3 is 2.92 bits per heavy atom. The predicted octanol–water partition coefficient (Wildman–Crippen LogP) is -0.789. The van der Waals surface area contributed by atoms with Crippen LogP contribution in [0.1, 0.15) is 12.5 Å². The Hall–Kier alpha value is -0.880. The fourth-order valence-corrected chi connectivity index (χ4v) is 1.23. The molecular formula is C5H11ClN6. The van der Waals surface area contributed by atoms with Gasteiger partial charge in [-0.3, -0.25) is 0 Å². The molecule has 68 valence electrons. The van der Waals surface area contributed by atoms with Crippen molar-refractivity contribution in [3.8, 4) is 0 Å². The molecule has 0 aromatic carbocycles. The summed E-state index contributed by atoms with van der Waals surface area (Å²) in [6, 6.07) is 0.333. The molecule has 1 aromatic heterocycles. The highest BCUT2D eigenvalue weighted by Crippen LogP contribution is 2.11. The number of anilines is 1. The minimum Gasteiger partial charge on any atom is -0.365 e. The van der Waals surface area contributed by atoms with Crippen molar-refractivity contribution >= 4 is 18.4 Å². The fraction of sp³-hybridized carbons (Fsp3) is 0.800. The van der Waals surface area contributed by atoms with Crippen molar-refractivity contribution in [1.82, 2.24) is 25.5 Å². The van der Waals surface area contributed by atoms with Gasteiger partial charge in [0.2, 0.25) is 0 Å². The lowest BCUT2D eigenvalue weighted by atomic mass is 10.3. The monoisotopic (exact) mass is 190 g/mol. The molecule has 1 unspecified atom stereocenters. The van der Waals surface area contributed by atoms with Crippen molar-refractivity contribution in [1.29, 1.82) is 0 Å². The second-order valence-electron chi connectivity index (χ2n) is 2.61. The maximum atomic E-state index is 5.32. The highest BCUT2D eigenvalue weighted by molar-refractivity contribution is 5.85.